The van der Waals surface area contributed by atoms with Crippen LogP contribution in [0.15, 0.2) is 18.3 Å². The third-order valence-electron chi connectivity index (χ3n) is 5.51. The van der Waals surface area contributed by atoms with Gasteiger partial charge < -0.3 is 14.8 Å². The number of imidazole rings is 1. The first-order valence-corrected chi connectivity index (χ1v) is 9.02. The second-order valence-electron chi connectivity index (χ2n) is 7.18. The number of likely N-dealkylation sites (tertiary alicyclic amines) is 1. The van der Waals surface area contributed by atoms with E-state index in [-0.39, 0.29) is 0 Å². The van der Waals surface area contributed by atoms with Crippen molar-refractivity contribution in [3.63, 3.8) is 0 Å². The van der Waals surface area contributed by atoms with Crippen LogP contribution in [0.25, 0.3) is 11.2 Å². The van der Waals surface area contributed by atoms with Crippen LogP contribution in [0.5, 0.6) is 0 Å². The van der Waals surface area contributed by atoms with Crippen LogP contribution in [0, 0.1) is 5.92 Å². The van der Waals surface area contributed by atoms with E-state index in [1.165, 1.54) is 44.6 Å². The summed E-state index contributed by atoms with van der Waals surface area (Å²) in [6.07, 6.45) is 8.14. The highest BCUT2D eigenvalue weighted by molar-refractivity contribution is 5.71. The molecule has 2 aliphatic rings. The molecule has 0 amide bonds. The minimum absolute atomic E-state index is 0.634. The Balaban J connectivity index is 1.63. The fourth-order valence-electron chi connectivity index (χ4n) is 4.14. The highest BCUT2D eigenvalue weighted by atomic mass is 15.2. The lowest BCUT2D eigenvalue weighted by molar-refractivity contribution is 0.297. The quantitative estimate of drug-likeness (QED) is 0.938. The molecule has 2 saturated heterocycles. The van der Waals surface area contributed by atoms with E-state index < -0.39 is 0 Å². The Morgan fingerprint density at radius 2 is 2.26 bits per heavy atom. The molecule has 0 saturated carbocycles. The fourth-order valence-corrected chi connectivity index (χ4v) is 4.14. The predicted molar refractivity (Wildman–Crippen MR) is 92.5 cm³/mol. The lowest BCUT2D eigenvalue weighted by Crippen LogP contribution is -2.33. The van der Waals surface area contributed by atoms with Crippen molar-refractivity contribution in [2.24, 2.45) is 5.92 Å². The molecular weight excluding hydrogens is 286 g/mol. The van der Waals surface area contributed by atoms with Crippen molar-refractivity contribution < 1.29 is 0 Å². The zero-order valence-electron chi connectivity index (χ0n) is 14.0. The zero-order valence-corrected chi connectivity index (χ0v) is 14.0. The molecule has 2 aromatic heterocycles. The monoisotopic (exact) mass is 313 g/mol. The molecule has 2 aromatic rings. The molecular formula is C18H27N5. The van der Waals surface area contributed by atoms with E-state index in [0.717, 1.165) is 30.7 Å². The van der Waals surface area contributed by atoms with Crippen LogP contribution in [0.3, 0.4) is 0 Å². The Bertz CT molecular complexity index is 658. The molecule has 5 nitrogen and oxygen atoms in total. The number of aromatic nitrogens is 3. The number of piperidine rings is 1. The van der Waals surface area contributed by atoms with Crippen LogP contribution < -0.4 is 5.32 Å². The molecule has 0 bridgehead atoms. The number of nitrogens with one attached hydrogen (secondary N) is 1. The van der Waals surface area contributed by atoms with E-state index in [1.807, 2.05) is 12.3 Å². The molecule has 2 aliphatic heterocycles. The number of nitrogens with zero attached hydrogens (tertiary/aromatic N) is 4. The number of hydrogen-bond donors (Lipinski definition) is 1. The summed E-state index contributed by atoms with van der Waals surface area (Å²) in [6, 6.07) is 4.72. The summed E-state index contributed by atoms with van der Waals surface area (Å²) in [5.41, 5.74) is 2.11. The fraction of sp³-hybridized carbons (Fsp3) is 0.667. The molecule has 2 unspecified atom stereocenters. The third-order valence-corrected chi connectivity index (χ3v) is 5.51. The molecule has 0 radical (unpaired) electrons. The molecule has 0 aromatic carbocycles. The average Bonchev–Trinajstić information content (AvgIpc) is 3.13. The summed E-state index contributed by atoms with van der Waals surface area (Å²) in [5, 5.41) is 3.53. The Morgan fingerprint density at radius 3 is 3.04 bits per heavy atom. The average molecular weight is 313 g/mol. The lowest BCUT2D eigenvalue weighted by atomic mass is 9.99. The van der Waals surface area contributed by atoms with Gasteiger partial charge in [0.25, 0.3) is 0 Å². The second-order valence-corrected chi connectivity index (χ2v) is 7.18. The second kappa shape index (κ2) is 6.57. The van der Waals surface area contributed by atoms with Crippen molar-refractivity contribution in [2.45, 2.75) is 44.7 Å². The topological polar surface area (TPSA) is 46.0 Å². The predicted octanol–water partition coefficient (Wildman–Crippen LogP) is 2.07. The summed E-state index contributed by atoms with van der Waals surface area (Å²) in [5.74, 6) is 1.92. The molecule has 4 heterocycles. The molecule has 2 atom stereocenters. The van der Waals surface area contributed by atoms with E-state index in [1.54, 1.807) is 0 Å². The minimum atomic E-state index is 0.634. The summed E-state index contributed by atoms with van der Waals surface area (Å²) < 4.78 is 2.40. The normalized spacial score (nSPS) is 26.1. The van der Waals surface area contributed by atoms with Gasteiger partial charge in [-0.25, -0.2) is 9.97 Å². The van der Waals surface area contributed by atoms with Gasteiger partial charge >= 0.3 is 0 Å². The molecule has 4 rings (SSSR count). The van der Waals surface area contributed by atoms with Gasteiger partial charge in [0.2, 0.25) is 0 Å². The van der Waals surface area contributed by atoms with Gasteiger partial charge in [-0.15, -0.1) is 0 Å². The van der Waals surface area contributed by atoms with E-state index in [4.69, 9.17) is 4.98 Å². The number of pyridine rings is 1. The summed E-state index contributed by atoms with van der Waals surface area (Å²) in [7, 11) is 2.24. The largest absolute Gasteiger partial charge is 0.316 e. The molecule has 0 aliphatic carbocycles. The van der Waals surface area contributed by atoms with Crippen LogP contribution in [0.1, 0.15) is 31.5 Å². The van der Waals surface area contributed by atoms with Crippen LogP contribution in [0.2, 0.25) is 0 Å². The maximum atomic E-state index is 4.93. The molecule has 2 fully saturated rings. The van der Waals surface area contributed by atoms with E-state index in [9.17, 15) is 0 Å². The molecule has 1 N–H and O–H groups in total. The Labute approximate surface area is 138 Å². The minimum Gasteiger partial charge on any atom is -0.316 e. The lowest BCUT2D eigenvalue weighted by Gasteiger charge is -2.25. The number of rotatable bonds is 4. The van der Waals surface area contributed by atoms with Gasteiger partial charge in [-0.1, -0.05) is 0 Å². The molecule has 124 valence electrons. The Hall–Kier alpha value is -1.46. The molecule has 0 spiro atoms. The van der Waals surface area contributed by atoms with Crippen molar-refractivity contribution >= 4 is 11.2 Å². The van der Waals surface area contributed by atoms with Crippen molar-refractivity contribution in [2.75, 3.05) is 26.7 Å². The van der Waals surface area contributed by atoms with E-state index in [2.05, 4.69) is 32.9 Å². The first-order valence-electron chi connectivity index (χ1n) is 9.02. The molecule has 5 heteroatoms. The number of fused-ring (bicyclic) bond motifs is 1. The Kier molecular flexibility index (Phi) is 4.31. The van der Waals surface area contributed by atoms with Gasteiger partial charge in [-0.05, 0) is 70.4 Å². The van der Waals surface area contributed by atoms with Gasteiger partial charge in [0.05, 0.1) is 0 Å². The standard InChI is InChI=1S/C18H27N5/c1-22-10-4-6-15(22)11-17-21-16-7-3-9-20-18(16)23(17)13-14-5-2-8-19-12-14/h3,7,9,14-15,19H,2,4-6,8,10-13H2,1H3. The van der Waals surface area contributed by atoms with Gasteiger partial charge in [-0.2, -0.15) is 0 Å². The maximum absolute atomic E-state index is 4.93. The first-order chi connectivity index (χ1) is 11.3. The van der Waals surface area contributed by atoms with E-state index in [0.29, 0.717) is 12.0 Å². The van der Waals surface area contributed by atoms with Crippen molar-refractivity contribution in [1.82, 2.24) is 24.8 Å². The van der Waals surface area contributed by atoms with Crippen LogP contribution >= 0.6 is 0 Å². The van der Waals surface area contributed by atoms with Gasteiger partial charge in [0.1, 0.15) is 11.3 Å². The highest BCUT2D eigenvalue weighted by Crippen LogP contribution is 2.23. The van der Waals surface area contributed by atoms with Crippen molar-refractivity contribution in [3.05, 3.63) is 24.2 Å². The van der Waals surface area contributed by atoms with Crippen LogP contribution in [-0.4, -0.2) is 52.2 Å². The number of likely N-dealkylation sites (N-methyl/N-ethyl adjacent to an activating group) is 1. The maximum Gasteiger partial charge on any atom is 0.159 e. The van der Waals surface area contributed by atoms with Crippen molar-refractivity contribution in [1.29, 1.82) is 0 Å². The smallest absolute Gasteiger partial charge is 0.159 e. The van der Waals surface area contributed by atoms with Crippen LogP contribution in [-0.2, 0) is 13.0 Å². The van der Waals surface area contributed by atoms with Gasteiger partial charge in [-0.3, -0.25) is 0 Å². The third kappa shape index (κ3) is 3.12. The molecule has 23 heavy (non-hydrogen) atoms. The highest BCUT2D eigenvalue weighted by Gasteiger charge is 2.25. The van der Waals surface area contributed by atoms with Gasteiger partial charge in [0, 0.05) is 25.2 Å². The summed E-state index contributed by atoms with van der Waals surface area (Å²) >= 11 is 0. The SMILES string of the molecule is CN1CCCC1Cc1nc2cccnc2n1CC1CCCNC1. The number of hydrogen-bond acceptors (Lipinski definition) is 4. The van der Waals surface area contributed by atoms with Gasteiger partial charge in [0.15, 0.2) is 5.65 Å². The van der Waals surface area contributed by atoms with E-state index >= 15 is 0 Å². The van der Waals surface area contributed by atoms with Crippen LogP contribution in [0.4, 0.5) is 0 Å². The Morgan fingerprint density at radius 1 is 1.30 bits per heavy atom. The summed E-state index contributed by atoms with van der Waals surface area (Å²) in [6.45, 7) is 4.55. The first kappa shape index (κ1) is 15.1. The summed E-state index contributed by atoms with van der Waals surface area (Å²) in [4.78, 5) is 12.0. The zero-order chi connectivity index (χ0) is 15.6. The van der Waals surface area contributed by atoms with Crippen molar-refractivity contribution in [3.8, 4) is 0 Å².